The second-order valence-electron chi connectivity index (χ2n) is 6.47. The van der Waals surface area contributed by atoms with Gasteiger partial charge in [-0.2, -0.15) is 0 Å². The van der Waals surface area contributed by atoms with E-state index in [0.29, 0.717) is 0 Å². The van der Waals surface area contributed by atoms with Gasteiger partial charge in [0.2, 0.25) is 12.1 Å². The third kappa shape index (κ3) is 4.19. The van der Waals surface area contributed by atoms with Crippen molar-refractivity contribution < 1.29 is 68.5 Å². The highest BCUT2D eigenvalue weighted by molar-refractivity contribution is 7.46. The fourth-order valence-electron chi connectivity index (χ4n) is 3.12. The Bertz CT molecular complexity index is 580. The van der Waals surface area contributed by atoms with Crippen LogP contribution >= 0.6 is 7.82 Å². The highest BCUT2D eigenvalue weighted by Gasteiger charge is 2.61. The monoisotopic (exact) mass is 420 g/mol. The molecule has 3 aliphatic heterocycles. The molecule has 9 atom stereocenters. The highest BCUT2D eigenvalue weighted by atomic mass is 31.2. The first-order valence-corrected chi connectivity index (χ1v) is 9.40. The van der Waals surface area contributed by atoms with E-state index in [4.69, 9.17) is 28.7 Å². The van der Waals surface area contributed by atoms with Crippen molar-refractivity contribution in [2.45, 2.75) is 61.1 Å². The molecule has 158 valence electrons. The van der Waals surface area contributed by atoms with Gasteiger partial charge < -0.3 is 59.4 Å². The number of aliphatic hydroxyl groups excluding tert-OH is 4. The molecule has 3 aliphatic rings. The molecule has 2 bridgehead atoms. The normalized spacial score (nSPS) is 47.2. The number of rotatable bonds is 5. The van der Waals surface area contributed by atoms with Gasteiger partial charge in [-0.05, 0) is 0 Å². The predicted octanol–water partition coefficient (Wildman–Crippen LogP) is -4.91. The fraction of sp³-hybridized carbons (Fsp3) is 1.00. The number of fused-ring (bicyclic) bond motifs is 2. The topological polar surface area (TPSA) is 225 Å². The lowest BCUT2D eigenvalue weighted by Crippen LogP contribution is -2.66. The van der Waals surface area contributed by atoms with Crippen LogP contribution in [0, 0.1) is 0 Å². The van der Waals surface area contributed by atoms with Gasteiger partial charge in [-0.15, -0.1) is 0 Å². The Balaban J connectivity index is 1.71. The summed E-state index contributed by atoms with van der Waals surface area (Å²) in [5.74, 6) is -2.82. The molecule has 0 radical (unpaired) electrons. The minimum atomic E-state index is -4.89. The van der Waals surface area contributed by atoms with Gasteiger partial charge in [-0.1, -0.05) is 0 Å². The summed E-state index contributed by atoms with van der Waals surface area (Å²) in [7, 11) is -4.89. The fourth-order valence-corrected chi connectivity index (χ4v) is 3.46. The van der Waals surface area contributed by atoms with Crippen molar-refractivity contribution in [3.05, 3.63) is 0 Å². The molecule has 8 N–H and O–H groups in total. The zero-order valence-electron chi connectivity index (χ0n) is 13.6. The maximum Gasteiger partial charge on any atom is 0.469 e. The maximum atomic E-state index is 10.8. The van der Waals surface area contributed by atoms with E-state index in [1.165, 1.54) is 0 Å². The van der Waals surface area contributed by atoms with Gasteiger partial charge in [-0.3, -0.25) is 4.52 Å². The van der Waals surface area contributed by atoms with Crippen LogP contribution in [0.3, 0.4) is 0 Å². The number of phosphoric ester groups is 1. The first-order valence-electron chi connectivity index (χ1n) is 7.87. The summed E-state index contributed by atoms with van der Waals surface area (Å²) in [6.07, 6.45) is -14.2. The smallest absolute Gasteiger partial charge is 0.387 e. The van der Waals surface area contributed by atoms with Crippen molar-refractivity contribution in [3.63, 3.8) is 0 Å². The number of hydrogen-bond acceptors (Lipinski definition) is 12. The van der Waals surface area contributed by atoms with Crippen LogP contribution in [0.4, 0.5) is 0 Å². The quantitative estimate of drug-likeness (QED) is 0.154. The predicted molar refractivity (Wildman–Crippen MR) is 77.3 cm³/mol. The van der Waals surface area contributed by atoms with Crippen LogP contribution in [0.25, 0.3) is 0 Å². The number of phosphoric acid groups is 1. The minimum absolute atomic E-state index is 0.173. The van der Waals surface area contributed by atoms with Crippen LogP contribution in [0.15, 0.2) is 0 Å². The van der Waals surface area contributed by atoms with Crippen LogP contribution < -0.4 is 0 Å². The first kappa shape index (κ1) is 21.4. The number of ether oxygens (including phenoxy) is 4. The molecule has 3 saturated heterocycles. The Hall–Kier alpha value is -0.290. The van der Waals surface area contributed by atoms with E-state index in [1.54, 1.807) is 0 Å². The zero-order chi connectivity index (χ0) is 20.1. The number of hydrogen-bond donors (Lipinski definition) is 8. The molecule has 3 fully saturated rings. The minimum Gasteiger partial charge on any atom is -0.387 e. The standard InChI is InChI=1S/C12H21O14P/c13-5-3(2-23-27(19,20)21)24-10(7(15)6(5)14)26-8-4-1-22-9(8)12(17,18)11(16)25-4/h3-11,13-18H,1-2H2,(H2,19,20,21)/t3?,4?,5-,6-,7?,8+,9-,10-,11+/m0/s1. The summed E-state index contributed by atoms with van der Waals surface area (Å²) >= 11 is 0. The SMILES string of the molecule is O=P(O)(O)OCC1O[C@@H](O[C@@H]2C3CO[C@@H]2C(O)(O)[C@H](O)O3)C(O)[C@@H](O)[C@H]1O. The van der Waals surface area contributed by atoms with E-state index < -0.39 is 75.5 Å². The average molecular weight is 420 g/mol. The molecular weight excluding hydrogens is 399 g/mol. The summed E-state index contributed by atoms with van der Waals surface area (Å²) in [6, 6.07) is 0. The van der Waals surface area contributed by atoms with Gasteiger partial charge in [-0.25, -0.2) is 4.57 Å². The second-order valence-corrected chi connectivity index (χ2v) is 7.70. The zero-order valence-corrected chi connectivity index (χ0v) is 14.5. The molecule has 3 unspecified atom stereocenters. The summed E-state index contributed by atoms with van der Waals surface area (Å²) in [5, 5.41) is 59.2. The average Bonchev–Trinajstić information content (AvgIpc) is 2.91. The van der Waals surface area contributed by atoms with Gasteiger partial charge >= 0.3 is 7.82 Å². The van der Waals surface area contributed by atoms with Crippen LogP contribution in [0.1, 0.15) is 0 Å². The van der Waals surface area contributed by atoms with E-state index in [2.05, 4.69) is 4.52 Å². The summed E-state index contributed by atoms with van der Waals surface area (Å²) in [6.45, 7) is -1.00. The largest absolute Gasteiger partial charge is 0.469 e. The summed E-state index contributed by atoms with van der Waals surface area (Å²) in [5.41, 5.74) is 0. The molecule has 0 aromatic rings. The molecule has 27 heavy (non-hydrogen) atoms. The van der Waals surface area contributed by atoms with E-state index in [9.17, 15) is 35.2 Å². The highest BCUT2D eigenvalue weighted by Crippen LogP contribution is 2.39. The molecule has 14 nitrogen and oxygen atoms in total. The number of aliphatic hydroxyl groups is 6. The first-order chi connectivity index (χ1) is 12.4. The molecule has 0 aliphatic carbocycles. The maximum absolute atomic E-state index is 10.8. The molecular formula is C12H21O14P. The lowest BCUT2D eigenvalue weighted by Gasteiger charge is -2.45. The third-order valence-corrected chi connectivity index (χ3v) is 5.04. The Kier molecular flexibility index (Phi) is 5.96. The molecule has 0 amide bonds. The Morgan fingerprint density at radius 1 is 1.04 bits per heavy atom. The van der Waals surface area contributed by atoms with E-state index in [0.717, 1.165) is 0 Å². The molecule has 0 saturated carbocycles. The van der Waals surface area contributed by atoms with Crippen molar-refractivity contribution in [3.8, 4) is 0 Å². The lowest BCUT2D eigenvalue weighted by atomic mass is 9.97. The van der Waals surface area contributed by atoms with Gasteiger partial charge in [0.1, 0.15) is 42.7 Å². The van der Waals surface area contributed by atoms with Crippen molar-refractivity contribution in [1.82, 2.24) is 0 Å². The van der Waals surface area contributed by atoms with Gasteiger partial charge in [0, 0.05) is 0 Å². The summed E-state index contributed by atoms with van der Waals surface area (Å²) < 4.78 is 35.8. The van der Waals surface area contributed by atoms with Crippen LogP contribution in [0.5, 0.6) is 0 Å². The Morgan fingerprint density at radius 2 is 1.70 bits per heavy atom. The van der Waals surface area contributed by atoms with Gasteiger partial charge in [0.05, 0.1) is 13.2 Å². The summed E-state index contributed by atoms with van der Waals surface area (Å²) in [4.78, 5) is 17.5. The van der Waals surface area contributed by atoms with Crippen molar-refractivity contribution in [2.75, 3.05) is 13.2 Å². The molecule has 3 heterocycles. The van der Waals surface area contributed by atoms with Crippen LogP contribution in [0.2, 0.25) is 0 Å². The van der Waals surface area contributed by atoms with Crippen molar-refractivity contribution >= 4 is 7.82 Å². The Morgan fingerprint density at radius 3 is 2.33 bits per heavy atom. The van der Waals surface area contributed by atoms with Crippen LogP contribution in [-0.2, 0) is 28.0 Å². The lowest BCUT2D eigenvalue weighted by molar-refractivity contribution is -0.391. The van der Waals surface area contributed by atoms with Crippen molar-refractivity contribution in [1.29, 1.82) is 0 Å². The Labute approximate surface area is 151 Å². The van der Waals surface area contributed by atoms with E-state index >= 15 is 0 Å². The molecule has 3 rings (SSSR count). The third-order valence-electron chi connectivity index (χ3n) is 4.56. The van der Waals surface area contributed by atoms with Crippen LogP contribution in [-0.4, -0.2) is 115 Å². The molecule has 0 aromatic carbocycles. The second kappa shape index (κ2) is 7.51. The van der Waals surface area contributed by atoms with E-state index in [1.807, 2.05) is 0 Å². The van der Waals surface area contributed by atoms with Crippen molar-refractivity contribution in [2.24, 2.45) is 0 Å². The van der Waals surface area contributed by atoms with E-state index in [-0.39, 0.29) is 6.61 Å². The molecule has 0 spiro atoms. The molecule has 0 aromatic heterocycles. The molecule has 15 heteroatoms. The van der Waals surface area contributed by atoms with Gasteiger partial charge in [0.15, 0.2) is 6.29 Å². The van der Waals surface area contributed by atoms with Gasteiger partial charge in [0.25, 0.3) is 0 Å².